The zero-order chi connectivity index (χ0) is 12.6. The summed E-state index contributed by atoms with van der Waals surface area (Å²) in [5.74, 6) is -0.897. The summed E-state index contributed by atoms with van der Waals surface area (Å²) >= 11 is 0. The van der Waals surface area contributed by atoms with E-state index < -0.39 is 11.8 Å². The number of amides is 2. The molecule has 1 aromatic rings. The number of rotatable bonds is 2. The molecule has 1 aliphatic heterocycles. The van der Waals surface area contributed by atoms with Gasteiger partial charge in [-0.25, -0.2) is 4.98 Å². The van der Waals surface area contributed by atoms with Crippen LogP contribution in [0, 0.1) is 19.8 Å². The molecule has 1 unspecified atom stereocenters. The quantitative estimate of drug-likeness (QED) is 0.732. The lowest BCUT2D eigenvalue weighted by atomic mass is 10.1. The third-order valence-electron chi connectivity index (χ3n) is 2.85. The summed E-state index contributed by atoms with van der Waals surface area (Å²) in [5.41, 5.74) is 6.61. The minimum atomic E-state index is -0.474. The second-order valence-electron chi connectivity index (χ2n) is 4.09. The maximum atomic E-state index is 11.7. The highest BCUT2D eigenvalue weighted by atomic mass is 16.2. The van der Waals surface area contributed by atoms with Gasteiger partial charge in [-0.15, -0.1) is 5.10 Å². The lowest BCUT2D eigenvalue weighted by Gasteiger charge is -2.13. The summed E-state index contributed by atoms with van der Waals surface area (Å²) < 4.78 is 0. The van der Waals surface area contributed by atoms with Gasteiger partial charge in [-0.2, -0.15) is 5.10 Å². The number of aryl methyl sites for hydroxylation is 2. The van der Waals surface area contributed by atoms with Crippen molar-refractivity contribution in [3.8, 4) is 0 Å². The van der Waals surface area contributed by atoms with Crippen LogP contribution in [0.15, 0.2) is 0 Å². The minimum Gasteiger partial charge on any atom is -0.369 e. The van der Waals surface area contributed by atoms with E-state index in [9.17, 15) is 9.59 Å². The third kappa shape index (κ3) is 2.08. The summed E-state index contributed by atoms with van der Waals surface area (Å²) in [6, 6.07) is 0. The first kappa shape index (κ1) is 11.4. The molecule has 2 amide bonds. The van der Waals surface area contributed by atoms with Crippen LogP contribution < -0.4 is 10.6 Å². The Morgan fingerprint density at radius 2 is 2.06 bits per heavy atom. The molecule has 1 aromatic heterocycles. The highest BCUT2D eigenvalue weighted by molar-refractivity contribution is 5.98. The average molecular weight is 235 g/mol. The van der Waals surface area contributed by atoms with E-state index in [0.29, 0.717) is 11.4 Å². The Labute approximate surface area is 98.0 Å². The number of hydrogen-bond acceptors (Lipinski definition) is 5. The van der Waals surface area contributed by atoms with Crippen molar-refractivity contribution in [1.82, 2.24) is 15.2 Å². The number of primary amides is 1. The standard InChI is InChI=1S/C10H13N5O2/c1-5-6(2)13-14-10(12-5)15-4-7(9(11)17)3-8(15)16/h7H,3-4H2,1-2H3,(H2,11,17). The summed E-state index contributed by atoms with van der Waals surface area (Å²) in [7, 11) is 0. The number of aromatic nitrogens is 3. The predicted molar refractivity (Wildman–Crippen MR) is 59.0 cm³/mol. The van der Waals surface area contributed by atoms with Gasteiger partial charge >= 0.3 is 0 Å². The first-order valence-corrected chi connectivity index (χ1v) is 5.26. The molecule has 7 nitrogen and oxygen atoms in total. The molecule has 0 aromatic carbocycles. The van der Waals surface area contributed by atoms with Crippen LogP contribution in [0.1, 0.15) is 17.8 Å². The van der Waals surface area contributed by atoms with E-state index >= 15 is 0 Å². The second-order valence-corrected chi connectivity index (χ2v) is 4.09. The van der Waals surface area contributed by atoms with Gasteiger partial charge in [0.1, 0.15) is 0 Å². The molecule has 1 atom stereocenters. The average Bonchev–Trinajstić information content (AvgIpc) is 2.65. The molecule has 7 heteroatoms. The highest BCUT2D eigenvalue weighted by Gasteiger charge is 2.35. The van der Waals surface area contributed by atoms with E-state index in [-0.39, 0.29) is 24.8 Å². The summed E-state index contributed by atoms with van der Waals surface area (Å²) in [5, 5.41) is 7.76. The zero-order valence-electron chi connectivity index (χ0n) is 9.67. The van der Waals surface area contributed by atoms with Crippen molar-refractivity contribution in [3.63, 3.8) is 0 Å². The molecule has 90 valence electrons. The van der Waals surface area contributed by atoms with Crippen molar-refractivity contribution in [2.24, 2.45) is 11.7 Å². The van der Waals surface area contributed by atoms with Gasteiger partial charge in [-0.3, -0.25) is 14.5 Å². The van der Waals surface area contributed by atoms with E-state index in [0.717, 1.165) is 0 Å². The van der Waals surface area contributed by atoms with E-state index in [1.165, 1.54) is 4.90 Å². The van der Waals surface area contributed by atoms with Gasteiger partial charge in [0.15, 0.2) is 0 Å². The lowest BCUT2D eigenvalue weighted by Crippen LogP contribution is -2.30. The van der Waals surface area contributed by atoms with Crippen molar-refractivity contribution in [2.45, 2.75) is 20.3 Å². The molecule has 1 fully saturated rings. The smallest absolute Gasteiger partial charge is 0.252 e. The van der Waals surface area contributed by atoms with Crippen LogP contribution in [0.4, 0.5) is 5.95 Å². The number of anilines is 1. The lowest BCUT2D eigenvalue weighted by molar-refractivity contribution is -0.123. The fourth-order valence-corrected chi connectivity index (χ4v) is 1.65. The Balaban J connectivity index is 2.26. The molecule has 0 aliphatic carbocycles. The Kier molecular flexibility index (Phi) is 2.74. The normalized spacial score (nSPS) is 19.8. The van der Waals surface area contributed by atoms with Crippen molar-refractivity contribution in [1.29, 1.82) is 0 Å². The second kappa shape index (κ2) is 4.08. The fourth-order valence-electron chi connectivity index (χ4n) is 1.65. The van der Waals surface area contributed by atoms with Gasteiger partial charge in [0, 0.05) is 13.0 Å². The van der Waals surface area contributed by atoms with Gasteiger partial charge in [-0.1, -0.05) is 0 Å². The van der Waals surface area contributed by atoms with Crippen LogP contribution in [0.2, 0.25) is 0 Å². The van der Waals surface area contributed by atoms with Gasteiger partial charge in [0.25, 0.3) is 5.95 Å². The van der Waals surface area contributed by atoms with Crippen LogP contribution in [0.3, 0.4) is 0 Å². The number of hydrogen-bond donors (Lipinski definition) is 1. The number of nitrogens with zero attached hydrogens (tertiary/aromatic N) is 4. The van der Waals surface area contributed by atoms with Crippen LogP contribution in [0.5, 0.6) is 0 Å². The summed E-state index contributed by atoms with van der Waals surface area (Å²) in [6.07, 6.45) is 0.117. The zero-order valence-corrected chi connectivity index (χ0v) is 9.67. The van der Waals surface area contributed by atoms with E-state index in [4.69, 9.17) is 5.73 Å². The molecule has 2 N–H and O–H groups in total. The molecule has 0 bridgehead atoms. The van der Waals surface area contributed by atoms with Gasteiger partial charge in [0.2, 0.25) is 11.8 Å². The maximum Gasteiger partial charge on any atom is 0.252 e. The molecule has 0 radical (unpaired) electrons. The minimum absolute atomic E-state index is 0.117. The monoisotopic (exact) mass is 235 g/mol. The van der Waals surface area contributed by atoms with Crippen molar-refractivity contribution < 1.29 is 9.59 Å². The van der Waals surface area contributed by atoms with Crippen LogP contribution >= 0.6 is 0 Å². The third-order valence-corrected chi connectivity index (χ3v) is 2.85. The van der Waals surface area contributed by atoms with Gasteiger partial charge < -0.3 is 5.73 Å². The van der Waals surface area contributed by atoms with Gasteiger partial charge in [-0.05, 0) is 13.8 Å². The highest BCUT2D eigenvalue weighted by Crippen LogP contribution is 2.21. The van der Waals surface area contributed by atoms with E-state index in [1.54, 1.807) is 13.8 Å². The Morgan fingerprint density at radius 3 is 2.59 bits per heavy atom. The van der Waals surface area contributed by atoms with Crippen LogP contribution in [-0.4, -0.2) is 33.5 Å². The topological polar surface area (TPSA) is 102 Å². The summed E-state index contributed by atoms with van der Waals surface area (Å²) in [4.78, 5) is 28.3. The molecule has 1 aliphatic rings. The van der Waals surface area contributed by atoms with Crippen LogP contribution in [-0.2, 0) is 9.59 Å². The first-order valence-electron chi connectivity index (χ1n) is 5.26. The SMILES string of the molecule is Cc1nnc(N2CC(C(N)=O)CC2=O)nc1C. The number of nitrogens with two attached hydrogens (primary N) is 1. The largest absolute Gasteiger partial charge is 0.369 e. The van der Waals surface area contributed by atoms with Crippen molar-refractivity contribution in [2.75, 3.05) is 11.4 Å². The molecule has 0 spiro atoms. The number of carbonyl (C=O) groups is 2. The van der Waals surface area contributed by atoms with E-state index in [1.807, 2.05) is 0 Å². The Hall–Kier alpha value is -2.05. The Morgan fingerprint density at radius 1 is 1.35 bits per heavy atom. The first-order chi connectivity index (χ1) is 7.99. The molecular weight excluding hydrogens is 222 g/mol. The van der Waals surface area contributed by atoms with Crippen LogP contribution in [0.25, 0.3) is 0 Å². The van der Waals surface area contributed by atoms with Crippen molar-refractivity contribution in [3.05, 3.63) is 11.4 Å². The van der Waals surface area contributed by atoms with Crippen molar-refractivity contribution >= 4 is 17.8 Å². The fraction of sp³-hybridized carbons (Fsp3) is 0.500. The van der Waals surface area contributed by atoms with Gasteiger partial charge in [0.05, 0.1) is 17.3 Å². The molecule has 17 heavy (non-hydrogen) atoms. The molecule has 0 saturated carbocycles. The molecular formula is C10H13N5O2. The van der Waals surface area contributed by atoms with E-state index in [2.05, 4.69) is 15.2 Å². The Bertz CT molecular complexity index is 488. The molecule has 2 rings (SSSR count). The predicted octanol–water partition coefficient (Wildman–Crippen LogP) is -0.673. The maximum absolute atomic E-state index is 11.7. The molecule has 1 saturated heterocycles. The summed E-state index contributed by atoms with van der Waals surface area (Å²) in [6.45, 7) is 3.81. The molecule has 2 heterocycles. The number of carbonyl (C=O) groups excluding carboxylic acids is 2.